The van der Waals surface area contributed by atoms with E-state index in [1.807, 2.05) is 0 Å². The molecular formula is C28H30O. The Balaban J connectivity index is 1.56. The molecule has 0 N–H and O–H groups in total. The molecule has 1 nitrogen and oxygen atoms in total. The largest absolute Gasteiger partial charge is 0.366 e. The second kappa shape index (κ2) is 10.2. The zero-order valence-corrected chi connectivity index (χ0v) is 16.9. The molecule has 4 unspecified atom stereocenters. The average Bonchev–Trinajstić information content (AvgIpc) is 2.81. The van der Waals surface area contributed by atoms with E-state index in [0.717, 1.165) is 25.7 Å². The van der Waals surface area contributed by atoms with Crippen LogP contribution in [0.2, 0.25) is 0 Å². The minimum atomic E-state index is 0.0886. The van der Waals surface area contributed by atoms with E-state index in [4.69, 9.17) is 4.74 Å². The summed E-state index contributed by atoms with van der Waals surface area (Å²) in [4.78, 5) is 0. The SMILES string of the molecule is C1=CCC(CC(OC(CC2C=CC=CC2)c2ccccc2)c2ccccc2)C=C1. The van der Waals surface area contributed by atoms with Gasteiger partial charge in [-0.15, -0.1) is 0 Å². The van der Waals surface area contributed by atoms with E-state index < -0.39 is 0 Å². The van der Waals surface area contributed by atoms with Crippen LogP contribution in [-0.2, 0) is 4.74 Å². The van der Waals surface area contributed by atoms with Gasteiger partial charge in [0.15, 0.2) is 0 Å². The predicted molar refractivity (Wildman–Crippen MR) is 121 cm³/mol. The highest BCUT2D eigenvalue weighted by atomic mass is 16.5. The summed E-state index contributed by atoms with van der Waals surface area (Å²) in [5.41, 5.74) is 2.55. The van der Waals surface area contributed by atoms with Crippen molar-refractivity contribution < 1.29 is 4.74 Å². The topological polar surface area (TPSA) is 9.23 Å². The molecule has 2 aromatic carbocycles. The Hall–Kier alpha value is -2.64. The summed E-state index contributed by atoms with van der Waals surface area (Å²) in [5, 5.41) is 0. The molecule has 0 bridgehead atoms. The lowest BCUT2D eigenvalue weighted by Gasteiger charge is -2.30. The Morgan fingerprint density at radius 3 is 1.45 bits per heavy atom. The van der Waals surface area contributed by atoms with Crippen LogP contribution in [0.15, 0.2) is 109 Å². The minimum Gasteiger partial charge on any atom is -0.366 e. The quantitative estimate of drug-likeness (QED) is 0.458. The van der Waals surface area contributed by atoms with E-state index >= 15 is 0 Å². The lowest BCUT2D eigenvalue weighted by Crippen LogP contribution is -2.16. The molecule has 0 fully saturated rings. The molecule has 0 saturated heterocycles. The van der Waals surface area contributed by atoms with Gasteiger partial charge in [0, 0.05) is 0 Å². The second-order valence-corrected chi connectivity index (χ2v) is 8.02. The van der Waals surface area contributed by atoms with Crippen molar-refractivity contribution in [2.45, 2.75) is 37.9 Å². The van der Waals surface area contributed by atoms with E-state index in [2.05, 4.69) is 109 Å². The van der Waals surface area contributed by atoms with Crippen LogP contribution >= 0.6 is 0 Å². The zero-order valence-electron chi connectivity index (χ0n) is 16.9. The standard InChI is InChI=1S/C28H30O/c1-5-13-23(14-6-1)21-27(25-17-9-3-10-18-25)29-28(26-19-11-4-12-20-26)22-24-15-7-2-8-16-24/h1-13,15,17-20,23-24,27-28H,14,16,21-22H2. The van der Waals surface area contributed by atoms with Gasteiger partial charge in [0.1, 0.15) is 0 Å². The first-order chi connectivity index (χ1) is 14.4. The summed E-state index contributed by atoms with van der Waals surface area (Å²) < 4.78 is 6.91. The third-order valence-corrected chi connectivity index (χ3v) is 5.84. The van der Waals surface area contributed by atoms with Gasteiger partial charge in [-0.1, -0.05) is 109 Å². The Morgan fingerprint density at radius 2 is 1.07 bits per heavy atom. The molecule has 0 heterocycles. The van der Waals surface area contributed by atoms with Gasteiger partial charge < -0.3 is 4.74 Å². The number of hydrogen-bond donors (Lipinski definition) is 0. The first-order valence-electron chi connectivity index (χ1n) is 10.8. The highest BCUT2D eigenvalue weighted by Gasteiger charge is 2.24. The lowest BCUT2D eigenvalue weighted by atomic mass is 9.89. The fourth-order valence-electron chi connectivity index (χ4n) is 4.24. The molecular weight excluding hydrogens is 352 g/mol. The van der Waals surface area contributed by atoms with Crippen molar-refractivity contribution in [2.75, 3.05) is 0 Å². The van der Waals surface area contributed by atoms with E-state index in [1.165, 1.54) is 11.1 Å². The van der Waals surface area contributed by atoms with Gasteiger partial charge in [-0.05, 0) is 48.6 Å². The number of ether oxygens (including phenoxy) is 1. The molecule has 2 aliphatic rings. The van der Waals surface area contributed by atoms with E-state index in [0.29, 0.717) is 11.8 Å². The molecule has 0 aliphatic heterocycles. The van der Waals surface area contributed by atoms with E-state index in [9.17, 15) is 0 Å². The third kappa shape index (κ3) is 5.68. The minimum absolute atomic E-state index is 0.0886. The Morgan fingerprint density at radius 1 is 0.621 bits per heavy atom. The molecule has 0 aromatic heterocycles. The third-order valence-electron chi connectivity index (χ3n) is 5.84. The van der Waals surface area contributed by atoms with Crippen LogP contribution in [0, 0.1) is 11.8 Å². The average molecular weight is 383 g/mol. The van der Waals surface area contributed by atoms with Crippen LogP contribution in [0.4, 0.5) is 0 Å². The first-order valence-corrected chi connectivity index (χ1v) is 10.8. The molecule has 4 atom stereocenters. The Labute approximate surface area is 175 Å². The normalized spacial score (nSPS) is 22.5. The van der Waals surface area contributed by atoms with Crippen molar-refractivity contribution in [3.05, 3.63) is 120 Å². The number of allylic oxidation sites excluding steroid dienone is 8. The van der Waals surface area contributed by atoms with Gasteiger partial charge in [0.05, 0.1) is 12.2 Å². The van der Waals surface area contributed by atoms with Gasteiger partial charge in [-0.3, -0.25) is 0 Å². The number of benzene rings is 2. The summed E-state index contributed by atoms with van der Waals surface area (Å²) in [5.74, 6) is 1.05. The fraction of sp³-hybridized carbons (Fsp3) is 0.286. The van der Waals surface area contributed by atoms with Crippen LogP contribution < -0.4 is 0 Å². The lowest BCUT2D eigenvalue weighted by molar-refractivity contribution is -0.0339. The van der Waals surface area contributed by atoms with Crippen LogP contribution in [-0.4, -0.2) is 0 Å². The van der Waals surface area contributed by atoms with Crippen molar-refractivity contribution in [1.29, 1.82) is 0 Å². The van der Waals surface area contributed by atoms with Gasteiger partial charge >= 0.3 is 0 Å². The zero-order chi connectivity index (χ0) is 19.7. The molecule has 2 aliphatic carbocycles. The molecule has 4 rings (SSSR count). The molecule has 0 spiro atoms. The first kappa shape index (κ1) is 19.7. The molecule has 0 saturated carbocycles. The Bertz CT molecular complexity index is 786. The van der Waals surface area contributed by atoms with Crippen LogP contribution in [0.5, 0.6) is 0 Å². The monoisotopic (exact) mass is 382 g/mol. The van der Waals surface area contributed by atoms with Crippen LogP contribution in [0.3, 0.4) is 0 Å². The molecule has 29 heavy (non-hydrogen) atoms. The van der Waals surface area contributed by atoms with Gasteiger partial charge in [0.25, 0.3) is 0 Å². The fourth-order valence-corrected chi connectivity index (χ4v) is 4.24. The smallest absolute Gasteiger partial charge is 0.0839 e. The van der Waals surface area contributed by atoms with Crippen molar-refractivity contribution in [3.63, 3.8) is 0 Å². The number of hydrogen-bond acceptors (Lipinski definition) is 1. The summed E-state index contributed by atoms with van der Waals surface area (Å²) in [6.07, 6.45) is 22.2. The van der Waals surface area contributed by atoms with Crippen molar-refractivity contribution >= 4 is 0 Å². The Kier molecular flexibility index (Phi) is 6.94. The van der Waals surface area contributed by atoms with E-state index in [-0.39, 0.29) is 12.2 Å². The van der Waals surface area contributed by atoms with Crippen LogP contribution in [0.1, 0.15) is 49.0 Å². The molecule has 0 radical (unpaired) electrons. The molecule has 2 aromatic rings. The van der Waals surface area contributed by atoms with Crippen molar-refractivity contribution in [1.82, 2.24) is 0 Å². The summed E-state index contributed by atoms with van der Waals surface area (Å²) >= 11 is 0. The second-order valence-electron chi connectivity index (χ2n) is 8.02. The highest BCUT2D eigenvalue weighted by molar-refractivity contribution is 5.22. The maximum atomic E-state index is 6.91. The summed E-state index contributed by atoms with van der Waals surface area (Å²) in [7, 11) is 0. The molecule has 148 valence electrons. The highest BCUT2D eigenvalue weighted by Crippen LogP contribution is 2.37. The van der Waals surface area contributed by atoms with Crippen molar-refractivity contribution in [2.24, 2.45) is 11.8 Å². The maximum absolute atomic E-state index is 6.91. The maximum Gasteiger partial charge on any atom is 0.0839 e. The van der Waals surface area contributed by atoms with Crippen molar-refractivity contribution in [3.8, 4) is 0 Å². The van der Waals surface area contributed by atoms with Crippen LogP contribution in [0.25, 0.3) is 0 Å². The van der Waals surface area contributed by atoms with E-state index in [1.54, 1.807) is 0 Å². The molecule has 0 amide bonds. The summed E-state index contributed by atoms with van der Waals surface area (Å²) in [6, 6.07) is 21.5. The van der Waals surface area contributed by atoms with Gasteiger partial charge in [-0.25, -0.2) is 0 Å². The summed E-state index contributed by atoms with van der Waals surface area (Å²) in [6.45, 7) is 0. The van der Waals surface area contributed by atoms with Gasteiger partial charge in [0.2, 0.25) is 0 Å². The molecule has 1 heteroatoms. The number of rotatable bonds is 8. The van der Waals surface area contributed by atoms with Gasteiger partial charge in [-0.2, -0.15) is 0 Å². The predicted octanol–water partition coefficient (Wildman–Crippen LogP) is 7.53.